The van der Waals surface area contributed by atoms with Gasteiger partial charge in [0.25, 0.3) is 0 Å². The van der Waals surface area contributed by atoms with Gasteiger partial charge in [0, 0.05) is 24.5 Å². The van der Waals surface area contributed by atoms with Crippen LogP contribution in [0.15, 0.2) is 36.9 Å². The van der Waals surface area contributed by atoms with Gasteiger partial charge in [-0.2, -0.15) is 9.97 Å². The fourth-order valence-electron chi connectivity index (χ4n) is 5.42. The van der Waals surface area contributed by atoms with Gasteiger partial charge in [0.2, 0.25) is 0 Å². The maximum Gasteiger partial charge on any atom is 0.318 e. The fraction of sp³-hybridized carbons (Fsp3) is 0.400. The average Bonchev–Trinajstić information content (AvgIpc) is 3.25. The molecule has 0 N–H and O–H groups in total. The number of halogens is 1. The summed E-state index contributed by atoms with van der Waals surface area (Å²) in [6, 6.07) is 5.98. The Bertz CT molecular complexity index is 1350. The summed E-state index contributed by atoms with van der Waals surface area (Å²) in [4.78, 5) is 24.4. The molecule has 3 aromatic heterocycles. The summed E-state index contributed by atoms with van der Waals surface area (Å²) in [5.74, 6) is 1.48. The van der Waals surface area contributed by atoms with Crippen molar-refractivity contribution in [1.29, 1.82) is 0 Å². The maximum atomic E-state index is 15.5. The van der Waals surface area contributed by atoms with E-state index < -0.39 is 0 Å². The van der Waals surface area contributed by atoms with Crippen LogP contribution in [0.4, 0.5) is 4.39 Å². The van der Waals surface area contributed by atoms with E-state index in [4.69, 9.17) is 9.72 Å². The maximum absolute atomic E-state index is 15.5. The molecule has 9 heteroatoms. The van der Waals surface area contributed by atoms with E-state index in [2.05, 4.69) is 30.9 Å². The van der Waals surface area contributed by atoms with E-state index in [9.17, 15) is 0 Å². The summed E-state index contributed by atoms with van der Waals surface area (Å²) in [6.45, 7) is 5.51. The van der Waals surface area contributed by atoms with Gasteiger partial charge in [-0.05, 0) is 56.3 Å². The average molecular weight is 460 g/mol. The highest BCUT2D eigenvalue weighted by atomic mass is 19.1. The lowest BCUT2D eigenvalue weighted by molar-refractivity contribution is 0.0870. The van der Waals surface area contributed by atoms with Crippen LogP contribution in [0.2, 0.25) is 0 Å². The van der Waals surface area contributed by atoms with E-state index in [0.29, 0.717) is 40.1 Å². The van der Waals surface area contributed by atoms with Gasteiger partial charge in [0.1, 0.15) is 23.5 Å². The minimum Gasteiger partial charge on any atom is -0.467 e. The van der Waals surface area contributed by atoms with Gasteiger partial charge in [-0.3, -0.25) is 0 Å². The predicted octanol–water partition coefficient (Wildman–Crippen LogP) is 3.60. The van der Waals surface area contributed by atoms with Gasteiger partial charge in [-0.15, -0.1) is 0 Å². The second-order valence-electron chi connectivity index (χ2n) is 9.21. The first kappa shape index (κ1) is 21.1. The third kappa shape index (κ3) is 3.60. The highest BCUT2D eigenvalue weighted by Gasteiger charge is 2.35. The Kier molecular flexibility index (Phi) is 5.21. The molecule has 0 amide bonds. The SMILES string of the molecule is COc1nc(C)c2nc(-c3cncnc3)n(Cc3ccc([C@@H]4CN5CCC4CC5)cc3F)c2n1. The van der Waals surface area contributed by atoms with Gasteiger partial charge in [-0.25, -0.2) is 19.3 Å². The second kappa shape index (κ2) is 8.39. The molecule has 1 aromatic carbocycles. The zero-order valence-electron chi connectivity index (χ0n) is 19.3. The van der Waals surface area contributed by atoms with Crippen LogP contribution in [0.3, 0.4) is 0 Å². The number of ether oxygens (including phenoxy) is 1. The zero-order chi connectivity index (χ0) is 23.2. The number of aryl methyl sites for hydroxylation is 1. The van der Waals surface area contributed by atoms with E-state index in [1.54, 1.807) is 18.5 Å². The van der Waals surface area contributed by atoms with Crippen LogP contribution in [0.5, 0.6) is 6.01 Å². The number of imidazole rings is 1. The molecule has 0 saturated carbocycles. The number of methoxy groups -OCH3 is 1. The number of hydrogen-bond donors (Lipinski definition) is 0. The molecular weight excluding hydrogens is 433 g/mol. The highest BCUT2D eigenvalue weighted by molar-refractivity contribution is 5.79. The smallest absolute Gasteiger partial charge is 0.318 e. The second-order valence-corrected chi connectivity index (χ2v) is 9.21. The van der Waals surface area contributed by atoms with Gasteiger partial charge in [-0.1, -0.05) is 12.1 Å². The molecule has 4 aromatic rings. The molecule has 3 saturated heterocycles. The van der Waals surface area contributed by atoms with Crippen LogP contribution in [-0.4, -0.2) is 61.1 Å². The molecule has 1 atom stereocenters. The number of hydrogen-bond acceptors (Lipinski definition) is 7. The summed E-state index contributed by atoms with van der Waals surface area (Å²) >= 11 is 0. The van der Waals surface area contributed by atoms with Crippen LogP contribution in [-0.2, 0) is 6.54 Å². The summed E-state index contributed by atoms with van der Waals surface area (Å²) in [7, 11) is 1.53. The molecule has 3 fully saturated rings. The first-order valence-corrected chi connectivity index (χ1v) is 11.7. The van der Waals surface area contributed by atoms with E-state index in [1.807, 2.05) is 17.6 Å². The van der Waals surface area contributed by atoms with Crippen molar-refractivity contribution in [3.63, 3.8) is 0 Å². The third-order valence-corrected chi connectivity index (χ3v) is 7.24. The van der Waals surface area contributed by atoms with Gasteiger partial charge in [0.15, 0.2) is 5.65 Å². The topological polar surface area (TPSA) is 81.8 Å². The lowest BCUT2D eigenvalue weighted by atomic mass is 9.75. The number of fused-ring (bicyclic) bond motifs is 4. The van der Waals surface area contributed by atoms with Crippen LogP contribution in [0.1, 0.15) is 35.6 Å². The lowest BCUT2D eigenvalue weighted by Crippen LogP contribution is -2.46. The summed E-state index contributed by atoms with van der Waals surface area (Å²) < 4.78 is 22.6. The molecular formula is C25H26FN7O. The molecule has 174 valence electrons. The molecule has 2 bridgehead atoms. The molecule has 7 rings (SSSR count). The van der Waals surface area contributed by atoms with Crippen LogP contribution >= 0.6 is 0 Å². The largest absolute Gasteiger partial charge is 0.467 e. The summed E-state index contributed by atoms with van der Waals surface area (Å²) in [5.41, 5.74) is 4.33. The molecule has 0 spiro atoms. The minimum absolute atomic E-state index is 0.205. The molecule has 0 unspecified atom stereocenters. The predicted molar refractivity (Wildman–Crippen MR) is 125 cm³/mol. The van der Waals surface area contributed by atoms with E-state index in [1.165, 1.54) is 39.4 Å². The van der Waals surface area contributed by atoms with Crippen molar-refractivity contribution < 1.29 is 9.13 Å². The van der Waals surface area contributed by atoms with Crippen molar-refractivity contribution in [3.8, 4) is 17.4 Å². The van der Waals surface area contributed by atoms with Crippen LogP contribution in [0.25, 0.3) is 22.6 Å². The Morgan fingerprint density at radius 3 is 2.56 bits per heavy atom. The van der Waals surface area contributed by atoms with E-state index >= 15 is 4.39 Å². The van der Waals surface area contributed by atoms with Crippen molar-refractivity contribution >= 4 is 11.2 Å². The molecule has 34 heavy (non-hydrogen) atoms. The molecule has 3 aliphatic rings. The Labute approximate surface area is 196 Å². The van der Waals surface area contributed by atoms with Crippen molar-refractivity contribution in [3.05, 3.63) is 59.6 Å². The zero-order valence-corrected chi connectivity index (χ0v) is 19.3. The number of aromatic nitrogens is 6. The summed E-state index contributed by atoms with van der Waals surface area (Å²) in [6.07, 6.45) is 7.27. The van der Waals surface area contributed by atoms with Crippen molar-refractivity contribution in [2.45, 2.75) is 32.2 Å². The van der Waals surface area contributed by atoms with Crippen LogP contribution < -0.4 is 4.74 Å². The minimum atomic E-state index is -0.205. The number of rotatable bonds is 5. The fourth-order valence-corrected chi connectivity index (χ4v) is 5.42. The Balaban J connectivity index is 1.41. The molecule has 6 heterocycles. The third-order valence-electron chi connectivity index (χ3n) is 7.24. The number of nitrogens with zero attached hydrogens (tertiary/aromatic N) is 7. The van der Waals surface area contributed by atoms with Crippen molar-refractivity contribution in [1.82, 2.24) is 34.4 Å². The van der Waals surface area contributed by atoms with Gasteiger partial charge >= 0.3 is 6.01 Å². The number of piperidine rings is 3. The molecule has 8 nitrogen and oxygen atoms in total. The lowest BCUT2D eigenvalue weighted by Gasteiger charge is -2.45. The molecule has 0 aliphatic carbocycles. The normalized spacial score (nSPS) is 21.8. The van der Waals surface area contributed by atoms with Gasteiger partial charge in [0.05, 0.1) is 24.9 Å². The van der Waals surface area contributed by atoms with Crippen molar-refractivity contribution in [2.24, 2.45) is 5.92 Å². The Morgan fingerprint density at radius 2 is 1.88 bits per heavy atom. The highest BCUT2D eigenvalue weighted by Crippen LogP contribution is 2.39. The molecule has 3 aliphatic heterocycles. The Hall–Kier alpha value is -3.46. The first-order valence-electron chi connectivity index (χ1n) is 11.7. The van der Waals surface area contributed by atoms with E-state index in [0.717, 1.165) is 17.7 Å². The summed E-state index contributed by atoms with van der Waals surface area (Å²) in [5, 5.41) is 0. The molecule has 0 radical (unpaired) electrons. The quantitative estimate of drug-likeness (QED) is 0.451. The Morgan fingerprint density at radius 1 is 1.09 bits per heavy atom. The monoisotopic (exact) mass is 459 g/mol. The first-order chi connectivity index (χ1) is 16.6. The van der Waals surface area contributed by atoms with Crippen LogP contribution in [0, 0.1) is 18.7 Å². The van der Waals surface area contributed by atoms with E-state index in [-0.39, 0.29) is 18.4 Å². The van der Waals surface area contributed by atoms with Crippen molar-refractivity contribution in [2.75, 3.05) is 26.7 Å². The van der Waals surface area contributed by atoms with Gasteiger partial charge < -0.3 is 14.2 Å². The number of benzene rings is 1. The standard InChI is InChI=1S/C25H26FN7O/c1-15-22-24(31-25(29-15)34-2)33(23(30-22)19-10-27-14-28-11-19)12-18-4-3-17(9-21(18)26)20-13-32-7-5-16(20)6-8-32/h3-4,9-11,14,16,20H,5-8,12-13H2,1-2H3/t20-/m1/s1.